The fraction of sp³-hybridized carbons (Fsp3) is 0.690. The number of ether oxygens (including phenoxy) is 1. The van der Waals surface area contributed by atoms with Crippen LogP contribution in [0.4, 0.5) is 10.2 Å². The van der Waals surface area contributed by atoms with E-state index in [0.717, 1.165) is 0 Å². The molecule has 234 valence electrons. The van der Waals surface area contributed by atoms with E-state index >= 15 is 4.39 Å². The van der Waals surface area contributed by atoms with Gasteiger partial charge in [-0.3, -0.25) is 14.3 Å². The van der Waals surface area contributed by atoms with Crippen molar-refractivity contribution in [3.8, 4) is 0 Å². The molecule has 2 aromatic rings. The van der Waals surface area contributed by atoms with E-state index in [0.29, 0.717) is 13.0 Å². The summed E-state index contributed by atoms with van der Waals surface area (Å²) in [5, 5.41) is 7.33. The predicted octanol–water partition coefficient (Wildman–Crippen LogP) is 5.63. The first-order valence-corrected chi connectivity index (χ1v) is 20.3. The molecule has 42 heavy (non-hydrogen) atoms. The van der Waals surface area contributed by atoms with Gasteiger partial charge in [-0.1, -0.05) is 41.5 Å². The number of aromatic nitrogens is 4. The molecule has 1 aliphatic carbocycles. The van der Waals surface area contributed by atoms with Gasteiger partial charge in [0.25, 0.3) is 0 Å². The van der Waals surface area contributed by atoms with E-state index in [1.54, 1.807) is 0 Å². The zero-order valence-electron chi connectivity index (χ0n) is 26.9. The van der Waals surface area contributed by atoms with Crippen molar-refractivity contribution in [1.29, 1.82) is 0 Å². The lowest BCUT2D eigenvalue weighted by molar-refractivity contribution is -0.141. The molecule has 1 aliphatic rings. The second-order valence-corrected chi connectivity index (χ2v) is 23.8. The smallest absolute Gasteiger partial charge is 0.327 e. The van der Waals surface area contributed by atoms with Gasteiger partial charge in [-0.25, -0.2) is 14.4 Å². The van der Waals surface area contributed by atoms with Crippen molar-refractivity contribution in [2.24, 2.45) is 5.92 Å². The quantitative estimate of drug-likeness (QED) is 0.194. The number of esters is 1. The van der Waals surface area contributed by atoms with Crippen LogP contribution in [0.5, 0.6) is 0 Å². The van der Waals surface area contributed by atoms with Crippen molar-refractivity contribution in [2.45, 2.75) is 109 Å². The number of carbonyl (C=O) groups excluding carboxylic acids is 2. The van der Waals surface area contributed by atoms with Gasteiger partial charge < -0.3 is 18.9 Å². The Labute approximate surface area is 251 Å². The number of ketones is 1. The Morgan fingerprint density at radius 1 is 1.10 bits per heavy atom. The van der Waals surface area contributed by atoms with Crippen LogP contribution in [0.2, 0.25) is 36.3 Å². The van der Waals surface area contributed by atoms with Gasteiger partial charge in [0.05, 0.1) is 24.8 Å². The maximum atomic E-state index is 16.4. The van der Waals surface area contributed by atoms with E-state index in [-0.39, 0.29) is 39.6 Å². The van der Waals surface area contributed by atoms with Crippen molar-refractivity contribution in [3.63, 3.8) is 0 Å². The van der Waals surface area contributed by atoms with E-state index in [1.807, 2.05) is 0 Å². The van der Waals surface area contributed by atoms with Crippen LogP contribution in [0.25, 0.3) is 0 Å². The van der Waals surface area contributed by atoms with Gasteiger partial charge >= 0.3 is 5.97 Å². The summed E-state index contributed by atoms with van der Waals surface area (Å²) in [7, 11) is -3.10. The van der Waals surface area contributed by atoms with Crippen LogP contribution >= 0.6 is 0 Å². The molecule has 3 rings (SSSR count). The number of nitrogens with one attached hydrogen (secondary N) is 1. The first kappa shape index (κ1) is 34.0. The Balaban J connectivity index is 1.86. The molecule has 0 aliphatic heterocycles. The zero-order valence-corrected chi connectivity index (χ0v) is 28.9. The second kappa shape index (κ2) is 12.6. The van der Waals surface area contributed by atoms with Crippen LogP contribution in [-0.4, -0.2) is 80.2 Å². The summed E-state index contributed by atoms with van der Waals surface area (Å²) in [6.07, 6.45) is 2.69. The summed E-state index contributed by atoms with van der Waals surface area (Å²) < 4.78 is 35.6. The Morgan fingerprint density at radius 3 is 2.33 bits per heavy atom. The van der Waals surface area contributed by atoms with Crippen LogP contribution in [0.1, 0.15) is 64.0 Å². The van der Waals surface area contributed by atoms with E-state index in [2.05, 4.69) is 92.9 Å². The number of carbonyl (C=O) groups is 2. The molecule has 2 heterocycles. The summed E-state index contributed by atoms with van der Waals surface area (Å²) in [6.45, 7) is 21.9. The number of hydrogen-bond donors (Lipinski definition) is 1. The summed E-state index contributed by atoms with van der Waals surface area (Å²) in [5.41, 5.74) is 0.274. The normalized spacial score (nSPS) is 21.8. The van der Waals surface area contributed by atoms with Crippen molar-refractivity contribution >= 4 is 34.2 Å². The number of rotatable bonds is 11. The number of anilines is 1. The molecule has 0 bridgehead atoms. The minimum Gasteiger partial charge on any atom is -0.468 e. The van der Waals surface area contributed by atoms with Crippen molar-refractivity contribution in [2.75, 3.05) is 19.0 Å². The maximum absolute atomic E-state index is 16.4. The third-order valence-electron chi connectivity index (χ3n) is 9.09. The lowest BCUT2D eigenvalue weighted by Gasteiger charge is -2.41. The fourth-order valence-corrected chi connectivity index (χ4v) is 6.70. The summed E-state index contributed by atoms with van der Waals surface area (Å²) in [4.78, 5) is 33.3. The Hall–Kier alpha value is -2.49. The van der Waals surface area contributed by atoms with Crippen LogP contribution in [0, 0.1) is 5.92 Å². The monoisotopic (exact) mass is 621 g/mol. The van der Waals surface area contributed by atoms with E-state index in [9.17, 15) is 9.59 Å². The van der Waals surface area contributed by atoms with Crippen molar-refractivity contribution in [3.05, 3.63) is 36.0 Å². The molecule has 2 aromatic heterocycles. The highest BCUT2D eigenvalue weighted by Crippen LogP contribution is 2.44. The van der Waals surface area contributed by atoms with Gasteiger partial charge in [-0.15, -0.1) is 0 Å². The maximum Gasteiger partial charge on any atom is 0.327 e. The molecule has 0 amide bonds. The van der Waals surface area contributed by atoms with E-state index < -0.39 is 46.7 Å². The standard InChI is InChI=1S/C29H48FN5O5Si2/c1-28(2,3)41(8,9)39-17-19-14-22(24(30)26(19)40-42(10,11)29(4,5)6)33-27-20(15-31-18-32-27)25(37)21-12-13-35(34-21)16-23(36)38-7/h12-13,15,18-19,22,24,26H,14,16-17H2,1-11H3,(H,31,32,33)/t19-,22-,24-,26-/m1/s1. The third kappa shape index (κ3) is 7.72. The molecule has 1 fully saturated rings. The zero-order chi connectivity index (χ0) is 31.7. The molecule has 13 heteroatoms. The van der Waals surface area contributed by atoms with Gasteiger partial charge in [0.1, 0.15) is 30.6 Å². The molecule has 0 radical (unpaired) electrons. The third-order valence-corrected chi connectivity index (χ3v) is 18.1. The van der Waals surface area contributed by atoms with E-state index in [4.69, 9.17) is 8.85 Å². The fourth-order valence-electron chi connectivity index (χ4n) is 4.28. The largest absolute Gasteiger partial charge is 0.468 e. The first-order chi connectivity index (χ1) is 19.3. The minimum absolute atomic E-state index is 0.0220. The van der Waals surface area contributed by atoms with Gasteiger partial charge in [-0.2, -0.15) is 5.10 Å². The number of alkyl halides is 1. The Bertz CT molecular complexity index is 1260. The average Bonchev–Trinajstić information content (AvgIpc) is 3.46. The highest BCUT2D eigenvalue weighted by molar-refractivity contribution is 6.74. The molecule has 0 saturated heterocycles. The van der Waals surface area contributed by atoms with Crippen LogP contribution in [0.15, 0.2) is 24.8 Å². The topological polar surface area (TPSA) is 117 Å². The number of hydrogen-bond acceptors (Lipinski definition) is 9. The number of nitrogens with zero attached hydrogens (tertiary/aromatic N) is 4. The van der Waals surface area contributed by atoms with E-state index in [1.165, 1.54) is 36.6 Å². The predicted molar refractivity (Wildman–Crippen MR) is 165 cm³/mol. The van der Waals surface area contributed by atoms with Gasteiger partial charge in [0.2, 0.25) is 5.78 Å². The molecule has 1 N–H and O–H groups in total. The first-order valence-electron chi connectivity index (χ1n) is 14.4. The minimum atomic E-state index is -2.31. The summed E-state index contributed by atoms with van der Waals surface area (Å²) in [6, 6.07) is 0.860. The molecule has 0 aromatic carbocycles. The Morgan fingerprint density at radius 2 is 1.74 bits per heavy atom. The SMILES string of the molecule is COC(=O)Cn1ccc(C(=O)c2cncnc2N[C@@H]2C[C@H](CO[Si](C)(C)C(C)(C)C)[C@@H](O[Si](C)(C)C(C)(C)C)[C@@H]2F)n1. The highest BCUT2D eigenvalue weighted by atomic mass is 28.4. The Kier molecular flexibility index (Phi) is 10.2. The molecule has 0 unspecified atom stereocenters. The summed E-state index contributed by atoms with van der Waals surface area (Å²) in [5.74, 6) is -0.876. The summed E-state index contributed by atoms with van der Waals surface area (Å²) >= 11 is 0. The highest BCUT2D eigenvalue weighted by Gasteiger charge is 2.51. The molecule has 1 saturated carbocycles. The van der Waals surface area contributed by atoms with Crippen molar-refractivity contribution < 1.29 is 27.6 Å². The molecule has 4 atom stereocenters. The number of halogens is 1. The number of methoxy groups -OCH3 is 1. The lowest BCUT2D eigenvalue weighted by Crippen LogP contribution is -2.49. The van der Waals surface area contributed by atoms with Crippen LogP contribution in [-0.2, 0) is 24.9 Å². The van der Waals surface area contributed by atoms with Gasteiger partial charge in [0.15, 0.2) is 16.6 Å². The van der Waals surface area contributed by atoms with Crippen molar-refractivity contribution in [1.82, 2.24) is 19.7 Å². The molecular formula is C29H48FN5O5Si2. The average molecular weight is 622 g/mol. The lowest BCUT2D eigenvalue weighted by atomic mass is 10.1. The van der Waals surface area contributed by atoms with Gasteiger partial charge in [-0.05, 0) is 48.8 Å². The second-order valence-electron chi connectivity index (χ2n) is 14.2. The van der Waals surface area contributed by atoms with Gasteiger partial charge in [0, 0.05) is 24.9 Å². The van der Waals surface area contributed by atoms with Crippen LogP contribution in [0.3, 0.4) is 0 Å². The molecule has 0 spiro atoms. The molecular weight excluding hydrogens is 574 g/mol. The van der Waals surface area contributed by atoms with Crippen LogP contribution < -0.4 is 5.32 Å². The molecule has 10 nitrogen and oxygen atoms in total.